The van der Waals surface area contributed by atoms with Gasteiger partial charge in [-0.15, -0.1) is 0 Å². The average Bonchev–Trinajstić information content (AvgIpc) is 2.88. The van der Waals surface area contributed by atoms with E-state index in [4.69, 9.17) is 14.0 Å². The van der Waals surface area contributed by atoms with Crippen molar-refractivity contribution in [3.63, 3.8) is 0 Å². The summed E-state index contributed by atoms with van der Waals surface area (Å²) < 4.78 is 36.9. The molecule has 1 fully saturated rings. The summed E-state index contributed by atoms with van der Waals surface area (Å²) >= 11 is 1.85. The van der Waals surface area contributed by atoms with E-state index in [-0.39, 0.29) is 5.48 Å². The van der Waals surface area contributed by atoms with E-state index < -0.39 is 10.1 Å². The molecule has 0 bridgehead atoms. The molecule has 4 rings (SSSR count). The Morgan fingerprint density at radius 1 is 0.969 bits per heavy atom. The molecule has 10 heteroatoms. The molecule has 0 aromatic heterocycles. The first-order valence-corrected chi connectivity index (χ1v) is 12.7. The maximum absolute atomic E-state index is 9.19. The van der Waals surface area contributed by atoms with E-state index in [1.807, 2.05) is 11.8 Å². The van der Waals surface area contributed by atoms with Gasteiger partial charge >= 0.3 is 0 Å². The van der Waals surface area contributed by atoms with Crippen LogP contribution in [0.4, 0.5) is 0 Å². The summed E-state index contributed by atoms with van der Waals surface area (Å²) in [5.74, 6) is 1.86. The fraction of sp³-hybridized carbons (Fsp3) is 0.455. The second kappa shape index (κ2) is 11.4. The number of nitrogens with zero attached hydrogens (tertiary/aromatic N) is 2. The maximum atomic E-state index is 9.19. The lowest BCUT2D eigenvalue weighted by Crippen LogP contribution is -2.46. The van der Waals surface area contributed by atoms with E-state index in [2.05, 4.69) is 53.2 Å². The van der Waals surface area contributed by atoms with Crippen molar-refractivity contribution in [1.82, 2.24) is 9.80 Å². The second-order valence-electron chi connectivity index (χ2n) is 7.77. The van der Waals surface area contributed by atoms with E-state index >= 15 is 0 Å². The van der Waals surface area contributed by atoms with Crippen molar-refractivity contribution in [3.8, 4) is 11.5 Å². The fourth-order valence-corrected chi connectivity index (χ4v) is 4.97. The summed E-state index contributed by atoms with van der Waals surface area (Å²) in [6, 6.07) is 13.4. The van der Waals surface area contributed by atoms with Gasteiger partial charge in [-0.3, -0.25) is 9.45 Å². The van der Waals surface area contributed by atoms with Crippen LogP contribution >= 0.6 is 11.8 Å². The molecule has 178 valence electrons. The molecule has 2 aromatic carbocycles. The number of hydrogen-bond donors (Lipinski definition) is 1. The Morgan fingerprint density at radius 2 is 1.53 bits per heavy atom. The van der Waals surface area contributed by atoms with Gasteiger partial charge in [-0.1, -0.05) is 17.8 Å². The summed E-state index contributed by atoms with van der Waals surface area (Å²) in [6.07, 6.45) is 1.74. The highest BCUT2D eigenvalue weighted by molar-refractivity contribution is 7.99. The van der Waals surface area contributed by atoms with Gasteiger partial charge in [0.1, 0.15) is 11.5 Å². The predicted octanol–water partition coefficient (Wildman–Crippen LogP) is 2.38. The van der Waals surface area contributed by atoms with Crippen LogP contribution in [0.3, 0.4) is 0 Å². The molecule has 2 aliphatic rings. The standard InChI is InChI=1S/C21H26N2O2S.CH4O3S.H2O/c1-22-8-10-23(11-9-22)19-12-15-4-5-17(25-3)14-21(15)26-20-7-6-16(24-2)13-18(19)20;1-5(2,3)4;/h4-7,13-14,19H,8-12H2,1-3H3;1H3,(H,2,3,4);1H2. The highest BCUT2D eigenvalue weighted by atomic mass is 32.2. The Hall–Kier alpha value is -1.82. The molecular formula is C22H32N2O6S2. The lowest BCUT2D eigenvalue weighted by atomic mass is 9.96. The first kappa shape index (κ1) is 26.4. The zero-order valence-corrected chi connectivity index (χ0v) is 20.5. The largest absolute Gasteiger partial charge is 0.497 e. The Morgan fingerprint density at radius 3 is 2.12 bits per heavy atom. The van der Waals surface area contributed by atoms with Gasteiger partial charge in [0.15, 0.2) is 0 Å². The van der Waals surface area contributed by atoms with E-state index in [0.29, 0.717) is 12.3 Å². The molecule has 32 heavy (non-hydrogen) atoms. The number of rotatable bonds is 3. The number of likely N-dealkylation sites (N-methyl/N-ethyl adjacent to an activating group) is 1. The summed E-state index contributed by atoms with van der Waals surface area (Å²) in [5.41, 5.74) is 2.78. The number of piperazine rings is 1. The number of fused-ring (bicyclic) bond motifs is 2. The van der Waals surface area contributed by atoms with Gasteiger partial charge in [0.2, 0.25) is 0 Å². The van der Waals surface area contributed by atoms with Gasteiger partial charge in [0.25, 0.3) is 10.1 Å². The van der Waals surface area contributed by atoms with E-state index in [1.165, 1.54) is 20.9 Å². The van der Waals surface area contributed by atoms with Crippen molar-refractivity contribution in [3.05, 3.63) is 47.5 Å². The van der Waals surface area contributed by atoms with Crippen molar-refractivity contribution < 1.29 is 27.9 Å². The third-order valence-corrected chi connectivity index (χ3v) is 6.65. The summed E-state index contributed by atoms with van der Waals surface area (Å²) in [5, 5.41) is 0. The molecule has 1 saturated heterocycles. The minimum atomic E-state index is -3.67. The van der Waals surface area contributed by atoms with Gasteiger partial charge < -0.3 is 19.8 Å². The highest BCUT2D eigenvalue weighted by Gasteiger charge is 2.30. The van der Waals surface area contributed by atoms with Crippen molar-refractivity contribution in [1.29, 1.82) is 0 Å². The monoisotopic (exact) mass is 484 g/mol. The molecule has 0 amide bonds. The van der Waals surface area contributed by atoms with Gasteiger partial charge in [-0.2, -0.15) is 8.42 Å². The van der Waals surface area contributed by atoms with Crippen LogP contribution in [-0.2, 0) is 16.5 Å². The molecule has 8 nitrogen and oxygen atoms in total. The van der Waals surface area contributed by atoms with Crippen LogP contribution in [0.2, 0.25) is 0 Å². The Labute approximate surface area is 194 Å². The fourth-order valence-electron chi connectivity index (χ4n) is 3.83. The van der Waals surface area contributed by atoms with Gasteiger partial charge in [-0.25, -0.2) is 0 Å². The molecule has 0 spiro atoms. The zero-order chi connectivity index (χ0) is 22.6. The molecule has 2 aromatic rings. The summed E-state index contributed by atoms with van der Waals surface area (Å²) in [7, 11) is 2.02. The predicted molar refractivity (Wildman–Crippen MR) is 127 cm³/mol. The maximum Gasteiger partial charge on any atom is 0.261 e. The van der Waals surface area contributed by atoms with Crippen LogP contribution in [0.15, 0.2) is 46.2 Å². The van der Waals surface area contributed by atoms with E-state index in [9.17, 15) is 8.42 Å². The number of ether oxygens (including phenoxy) is 2. The van der Waals surface area contributed by atoms with Crippen LogP contribution in [0.5, 0.6) is 11.5 Å². The zero-order valence-electron chi connectivity index (χ0n) is 18.9. The first-order chi connectivity index (χ1) is 14.7. The molecule has 0 radical (unpaired) electrons. The Bertz CT molecular complexity index is 999. The number of hydrogen-bond acceptors (Lipinski definition) is 7. The van der Waals surface area contributed by atoms with Crippen molar-refractivity contribution >= 4 is 21.9 Å². The van der Waals surface area contributed by atoms with E-state index in [0.717, 1.165) is 44.1 Å². The van der Waals surface area contributed by atoms with Gasteiger partial charge in [0.05, 0.1) is 20.5 Å². The quantitative estimate of drug-likeness (QED) is 0.661. The van der Waals surface area contributed by atoms with Crippen molar-refractivity contribution in [2.75, 3.05) is 53.7 Å². The number of methoxy groups -OCH3 is 2. The summed E-state index contributed by atoms with van der Waals surface area (Å²) in [4.78, 5) is 7.67. The van der Waals surface area contributed by atoms with Crippen molar-refractivity contribution in [2.24, 2.45) is 0 Å². The van der Waals surface area contributed by atoms with Gasteiger partial charge in [0, 0.05) is 42.0 Å². The Kier molecular flexibility index (Phi) is 9.38. The number of benzene rings is 2. The van der Waals surface area contributed by atoms with Crippen LogP contribution in [0, 0.1) is 0 Å². The second-order valence-corrected chi connectivity index (χ2v) is 10.3. The lowest BCUT2D eigenvalue weighted by molar-refractivity contribution is 0.109. The summed E-state index contributed by atoms with van der Waals surface area (Å²) in [6.45, 7) is 4.46. The minimum Gasteiger partial charge on any atom is -0.497 e. The first-order valence-electron chi connectivity index (χ1n) is 10.1. The van der Waals surface area contributed by atoms with E-state index in [1.54, 1.807) is 14.2 Å². The molecular weight excluding hydrogens is 452 g/mol. The van der Waals surface area contributed by atoms with Crippen LogP contribution in [0.25, 0.3) is 0 Å². The SMILES string of the molecule is COc1ccc2c(c1)Sc1ccc(OC)cc1C(N1CCN(C)CC1)C2.CS(=O)(=O)O.O. The third kappa shape index (κ3) is 7.09. The normalized spacial score (nSPS) is 18.7. The highest BCUT2D eigenvalue weighted by Crippen LogP contribution is 2.45. The van der Waals surface area contributed by atoms with Crippen LogP contribution in [0.1, 0.15) is 17.2 Å². The minimum absolute atomic E-state index is 0. The molecule has 0 saturated carbocycles. The Balaban J connectivity index is 0.000000548. The topological polar surface area (TPSA) is 111 Å². The third-order valence-electron chi connectivity index (χ3n) is 5.46. The molecule has 3 N–H and O–H groups in total. The molecule has 1 unspecified atom stereocenters. The van der Waals surface area contributed by atoms with Crippen LogP contribution in [-0.4, -0.2) is 81.9 Å². The molecule has 0 aliphatic carbocycles. The molecule has 2 aliphatic heterocycles. The molecule has 1 atom stereocenters. The lowest BCUT2D eigenvalue weighted by Gasteiger charge is -2.38. The van der Waals surface area contributed by atoms with Gasteiger partial charge in [-0.05, 0) is 54.9 Å². The molecule has 2 heterocycles. The van der Waals surface area contributed by atoms with Crippen LogP contribution < -0.4 is 9.47 Å². The van der Waals surface area contributed by atoms with Crippen molar-refractivity contribution in [2.45, 2.75) is 22.3 Å². The smallest absolute Gasteiger partial charge is 0.261 e. The average molecular weight is 485 g/mol.